The number of benzene rings is 1. The summed E-state index contributed by atoms with van der Waals surface area (Å²) in [6.45, 7) is 6.84. The molecule has 27 heavy (non-hydrogen) atoms. The largest absolute Gasteiger partial charge is 0.497 e. The minimum absolute atomic E-state index is 0.303. The quantitative estimate of drug-likeness (QED) is 0.679. The molecule has 0 amide bonds. The molecular weight excluding hydrogens is 344 g/mol. The average Bonchev–Trinajstić information content (AvgIpc) is 3.31. The Morgan fingerprint density at radius 2 is 1.96 bits per heavy atom. The average molecular weight is 368 g/mol. The lowest BCUT2D eigenvalue weighted by Gasteiger charge is -2.30. The first-order chi connectivity index (χ1) is 13.1. The van der Waals surface area contributed by atoms with E-state index < -0.39 is 0 Å². The van der Waals surface area contributed by atoms with Crippen molar-refractivity contribution in [1.82, 2.24) is 20.2 Å². The van der Waals surface area contributed by atoms with Crippen molar-refractivity contribution < 1.29 is 13.8 Å². The number of ether oxygens (including phenoxy) is 1. The standard InChI is InChI=1S/C20H24N4O3/c1-13-18(14(2)26-22-13)12-24-9-7-15(8-10-24)20-21-19(23-27-20)16-5-4-6-17(11-16)25-3/h4-6,11,15H,7-10,12H2,1-3H3. The van der Waals surface area contributed by atoms with Crippen molar-refractivity contribution in [2.75, 3.05) is 20.2 Å². The van der Waals surface area contributed by atoms with Crippen LogP contribution in [-0.4, -0.2) is 40.4 Å². The normalized spacial score (nSPS) is 16.0. The third-order valence-electron chi connectivity index (χ3n) is 5.27. The lowest BCUT2D eigenvalue weighted by atomic mass is 9.96. The molecule has 1 aliphatic rings. The van der Waals surface area contributed by atoms with E-state index in [1.807, 2.05) is 38.1 Å². The molecule has 2 aromatic heterocycles. The zero-order valence-electron chi connectivity index (χ0n) is 15.9. The number of likely N-dealkylation sites (tertiary alicyclic amines) is 1. The minimum Gasteiger partial charge on any atom is -0.497 e. The summed E-state index contributed by atoms with van der Waals surface area (Å²) < 4.78 is 16.1. The maximum atomic E-state index is 5.57. The maximum Gasteiger partial charge on any atom is 0.230 e. The first-order valence-corrected chi connectivity index (χ1v) is 9.26. The molecule has 4 rings (SSSR count). The van der Waals surface area contributed by atoms with E-state index in [0.717, 1.165) is 61.1 Å². The van der Waals surface area contributed by atoms with Crippen molar-refractivity contribution >= 4 is 0 Å². The molecule has 0 atom stereocenters. The second kappa shape index (κ2) is 7.52. The van der Waals surface area contributed by atoms with Gasteiger partial charge < -0.3 is 13.8 Å². The fourth-order valence-electron chi connectivity index (χ4n) is 3.57. The summed E-state index contributed by atoms with van der Waals surface area (Å²) in [6, 6.07) is 7.71. The fraction of sp³-hybridized carbons (Fsp3) is 0.450. The van der Waals surface area contributed by atoms with Gasteiger partial charge in [0.1, 0.15) is 11.5 Å². The molecule has 0 bridgehead atoms. The van der Waals surface area contributed by atoms with Gasteiger partial charge in [-0.25, -0.2) is 0 Å². The van der Waals surface area contributed by atoms with Crippen molar-refractivity contribution in [3.63, 3.8) is 0 Å². The van der Waals surface area contributed by atoms with Crippen LogP contribution in [0.2, 0.25) is 0 Å². The van der Waals surface area contributed by atoms with Crippen LogP contribution < -0.4 is 4.74 Å². The highest BCUT2D eigenvalue weighted by Crippen LogP contribution is 2.30. The van der Waals surface area contributed by atoms with Gasteiger partial charge in [0.25, 0.3) is 0 Å². The van der Waals surface area contributed by atoms with E-state index in [4.69, 9.17) is 13.8 Å². The van der Waals surface area contributed by atoms with Gasteiger partial charge in [-0.2, -0.15) is 4.98 Å². The van der Waals surface area contributed by atoms with Gasteiger partial charge in [-0.3, -0.25) is 4.90 Å². The highest BCUT2D eigenvalue weighted by atomic mass is 16.5. The van der Waals surface area contributed by atoms with Gasteiger partial charge in [-0.1, -0.05) is 22.4 Å². The molecule has 1 fully saturated rings. The number of hydrogen-bond donors (Lipinski definition) is 0. The molecule has 7 heteroatoms. The summed E-state index contributed by atoms with van der Waals surface area (Å²) >= 11 is 0. The number of piperidine rings is 1. The second-order valence-electron chi connectivity index (χ2n) is 7.04. The number of nitrogens with zero attached hydrogens (tertiary/aromatic N) is 4. The Balaban J connectivity index is 1.39. The Morgan fingerprint density at radius 3 is 2.67 bits per heavy atom. The predicted octanol–water partition coefficient (Wildman–Crippen LogP) is 3.73. The Bertz CT molecular complexity index is 890. The van der Waals surface area contributed by atoms with Gasteiger partial charge in [-0.15, -0.1) is 0 Å². The van der Waals surface area contributed by atoms with Crippen molar-refractivity contribution in [2.24, 2.45) is 0 Å². The highest BCUT2D eigenvalue weighted by molar-refractivity contribution is 5.56. The minimum atomic E-state index is 0.303. The lowest BCUT2D eigenvalue weighted by molar-refractivity contribution is 0.186. The van der Waals surface area contributed by atoms with Crippen molar-refractivity contribution in [2.45, 2.75) is 39.2 Å². The van der Waals surface area contributed by atoms with Crippen LogP contribution >= 0.6 is 0 Å². The number of methoxy groups -OCH3 is 1. The van der Waals surface area contributed by atoms with Crippen LogP contribution in [0.3, 0.4) is 0 Å². The van der Waals surface area contributed by atoms with E-state index in [9.17, 15) is 0 Å². The van der Waals surface area contributed by atoms with Crippen molar-refractivity contribution in [1.29, 1.82) is 0 Å². The first-order valence-electron chi connectivity index (χ1n) is 9.26. The Labute approximate surface area is 158 Å². The molecule has 0 radical (unpaired) electrons. The van der Waals surface area contributed by atoms with E-state index in [1.54, 1.807) is 7.11 Å². The van der Waals surface area contributed by atoms with E-state index >= 15 is 0 Å². The summed E-state index contributed by atoms with van der Waals surface area (Å²) in [5, 5.41) is 8.21. The topological polar surface area (TPSA) is 77.4 Å². The summed E-state index contributed by atoms with van der Waals surface area (Å²) in [5.41, 5.74) is 3.08. The first kappa shape index (κ1) is 17.7. The van der Waals surface area contributed by atoms with Crippen molar-refractivity contribution in [3.8, 4) is 17.1 Å². The van der Waals surface area contributed by atoms with E-state index in [0.29, 0.717) is 11.7 Å². The molecule has 1 aromatic carbocycles. The number of aryl methyl sites for hydroxylation is 2. The highest BCUT2D eigenvalue weighted by Gasteiger charge is 2.26. The van der Waals surface area contributed by atoms with E-state index in [-0.39, 0.29) is 0 Å². The molecule has 0 N–H and O–H groups in total. The zero-order valence-corrected chi connectivity index (χ0v) is 15.9. The van der Waals surface area contributed by atoms with Gasteiger partial charge in [0, 0.05) is 23.6 Å². The number of rotatable bonds is 5. The summed E-state index contributed by atoms with van der Waals surface area (Å²) in [6.07, 6.45) is 2.01. The molecule has 1 saturated heterocycles. The van der Waals surface area contributed by atoms with E-state index in [2.05, 4.69) is 20.2 Å². The van der Waals surface area contributed by atoms with E-state index in [1.165, 1.54) is 5.56 Å². The number of hydrogen-bond acceptors (Lipinski definition) is 7. The molecule has 1 aliphatic heterocycles. The van der Waals surface area contributed by atoms with Crippen LogP contribution in [0.4, 0.5) is 0 Å². The summed E-state index contributed by atoms with van der Waals surface area (Å²) in [4.78, 5) is 7.06. The SMILES string of the molecule is COc1cccc(-c2noc(C3CCN(Cc4c(C)noc4C)CC3)n2)c1. The molecule has 3 heterocycles. The summed E-state index contributed by atoms with van der Waals surface area (Å²) in [7, 11) is 1.65. The molecule has 0 saturated carbocycles. The summed E-state index contributed by atoms with van der Waals surface area (Å²) in [5.74, 6) is 3.34. The smallest absolute Gasteiger partial charge is 0.230 e. The van der Waals surface area contributed by atoms with Crippen LogP contribution in [-0.2, 0) is 6.54 Å². The van der Waals surface area contributed by atoms with Crippen LogP contribution in [0.1, 0.15) is 41.7 Å². The monoisotopic (exact) mass is 368 g/mol. The van der Waals surface area contributed by atoms with Crippen molar-refractivity contribution in [3.05, 3.63) is 47.2 Å². The maximum absolute atomic E-state index is 5.57. The van der Waals surface area contributed by atoms with Gasteiger partial charge >= 0.3 is 0 Å². The number of aromatic nitrogens is 3. The molecular formula is C20H24N4O3. The molecule has 0 unspecified atom stereocenters. The van der Waals surface area contributed by atoms with Crippen LogP contribution in [0.25, 0.3) is 11.4 Å². The lowest BCUT2D eigenvalue weighted by Crippen LogP contribution is -2.32. The van der Waals surface area contributed by atoms with Crippen LogP contribution in [0.5, 0.6) is 5.75 Å². The third kappa shape index (κ3) is 3.73. The van der Waals surface area contributed by atoms with Gasteiger partial charge in [0.05, 0.1) is 12.8 Å². The van der Waals surface area contributed by atoms with Gasteiger partial charge in [-0.05, 0) is 51.9 Å². The van der Waals surface area contributed by atoms with Gasteiger partial charge in [0.2, 0.25) is 11.7 Å². The Kier molecular flexibility index (Phi) is 4.94. The molecule has 142 valence electrons. The molecule has 0 spiro atoms. The van der Waals surface area contributed by atoms with Crippen LogP contribution in [0.15, 0.2) is 33.3 Å². The molecule has 0 aliphatic carbocycles. The molecule has 3 aromatic rings. The van der Waals surface area contributed by atoms with Gasteiger partial charge in [0.15, 0.2) is 0 Å². The van der Waals surface area contributed by atoms with Crippen LogP contribution in [0, 0.1) is 13.8 Å². The molecule has 7 nitrogen and oxygen atoms in total. The Hall–Kier alpha value is -2.67. The second-order valence-corrected chi connectivity index (χ2v) is 7.04. The Morgan fingerprint density at radius 1 is 1.15 bits per heavy atom. The predicted molar refractivity (Wildman–Crippen MR) is 99.5 cm³/mol. The third-order valence-corrected chi connectivity index (χ3v) is 5.27. The zero-order chi connectivity index (χ0) is 18.8. The fourth-order valence-corrected chi connectivity index (χ4v) is 3.57.